The maximum Gasteiger partial charge on any atom is 0.339 e. The van der Waals surface area contributed by atoms with E-state index >= 15 is 0 Å². The summed E-state index contributed by atoms with van der Waals surface area (Å²) in [5.74, 6) is 0.340. The van der Waals surface area contributed by atoms with Crippen LogP contribution in [0, 0.1) is 6.92 Å². The van der Waals surface area contributed by atoms with Crippen molar-refractivity contribution in [2.75, 3.05) is 19.0 Å². The third-order valence-corrected chi connectivity index (χ3v) is 4.48. The fourth-order valence-electron chi connectivity index (χ4n) is 3.09. The normalized spacial score (nSPS) is 10.4. The summed E-state index contributed by atoms with van der Waals surface area (Å²) in [4.78, 5) is 12.7. The molecule has 0 unspecified atom stereocenters. The fraction of sp³-hybridized carbons (Fsp3) is 0.174. The van der Waals surface area contributed by atoms with Crippen LogP contribution in [-0.4, -0.2) is 24.8 Å². The van der Waals surface area contributed by atoms with Gasteiger partial charge in [-0.3, -0.25) is 0 Å². The van der Waals surface area contributed by atoms with Crippen LogP contribution in [0.3, 0.4) is 0 Å². The summed E-state index contributed by atoms with van der Waals surface area (Å²) >= 11 is 0. The number of aromatic hydroxyl groups is 1. The third kappa shape index (κ3) is 3.93. The number of hydrogen-bond acceptors (Lipinski definition) is 5. The quantitative estimate of drug-likeness (QED) is 0.451. The smallest absolute Gasteiger partial charge is 0.339 e. The van der Waals surface area contributed by atoms with Crippen LogP contribution < -0.4 is 10.1 Å². The minimum atomic E-state index is -0.429. The van der Waals surface area contributed by atoms with Gasteiger partial charge in [-0.1, -0.05) is 30.3 Å². The number of ether oxygens (including phenoxy) is 2. The highest BCUT2D eigenvalue weighted by atomic mass is 16.5. The molecule has 0 fully saturated rings. The summed E-state index contributed by atoms with van der Waals surface area (Å²) in [7, 11) is 1.60. The van der Waals surface area contributed by atoms with E-state index in [9.17, 15) is 9.90 Å². The Labute approximate surface area is 164 Å². The molecule has 3 aromatic rings. The zero-order valence-corrected chi connectivity index (χ0v) is 16.2. The van der Waals surface area contributed by atoms with Crippen molar-refractivity contribution in [2.24, 2.45) is 0 Å². The molecule has 0 aliphatic heterocycles. The van der Waals surface area contributed by atoms with Gasteiger partial charge in [0.1, 0.15) is 11.5 Å². The molecule has 0 heterocycles. The number of esters is 1. The molecule has 0 aromatic heterocycles. The minimum Gasteiger partial charge on any atom is -0.506 e. The largest absolute Gasteiger partial charge is 0.506 e. The number of phenols is 1. The maximum atomic E-state index is 12.7. The maximum absolute atomic E-state index is 12.7. The van der Waals surface area contributed by atoms with Gasteiger partial charge < -0.3 is 19.9 Å². The van der Waals surface area contributed by atoms with Crippen LogP contribution in [0.15, 0.2) is 60.7 Å². The highest BCUT2D eigenvalue weighted by Gasteiger charge is 2.22. The van der Waals surface area contributed by atoms with Gasteiger partial charge >= 0.3 is 5.97 Å². The Hall–Kier alpha value is -3.47. The lowest BCUT2D eigenvalue weighted by molar-refractivity contribution is 0.0526. The Morgan fingerprint density at radius 2 is 1.75 bits per heavy atom. The van der Waals surface area contributed by atoms with E-state index in [1.165, 1.54) is 0 Å². The average Bonchev–Trinajstić information content (AvgIpc) is 2.71. The van der Waals surface area contributed by atoms with Crippen molar-refractivity contribution in [1.82, 2.24) is 0 Å². The van der Waals surface area contributed by atoms with Gasteiger partial charge in [0.25, 0.3) is 0 Å². The molecule has 0 aliphatic carbocycles. The van der Waals surface area contributed by atoms with Crippen LogP contribution in [0.1, 0.15) is 22.8 Å². The molecule has 0 saturated heterocycles. The fourth-order valence-corrected chi connectivity index (χ4v) is 3.09. The lowest BCUT2D eigenvalue weighted by atomic mass is 9.93. The third-order valence-electron chi connectivity index (χ3n) is 4.48. The molecule has 0 spiro atoms. The van der Waals surface area contributed by atoms with Gasteiger partial charge in [-0.15, -0.1) is 0 Å². The second-order valence-corrected chi connectivity index (χ2v) is 6.26. The van der Waals surface area contributed by atoms with E-state index in [0.29, 0.717) is 28.1 Å². The molecule has 0 amide bonds. The van der Waals surface area contributed by atoms with Crippen LogP contribution in [0.2, 0.25) is 0 Å². The second kappa shape index (κ2) is 8.48. The zero-order valence-electron chi connectivity index (χ0n) is 16.2. The van der Waals surface area contributed by atoms with E-state index in [1.54, 1.807) is 27.0 Å². The Kier molecular flexibility index (Phi) is 5.84. The van der Waals surface area contributed by atoms with E-state index in [0.717, 1.165) is 11.3 Å². The average molecular weight is 377 g/mol. The monoisotopic (exact) mass is 377 g/mol. The Morgan fingerprint density at radius 3 is 2.36 bits per heavy atom. The van der Waals surface area contributed by atoms with Crippen molar-refractivity contribution in [2.45, 2.75) is 13.8 Å². The van der Waals surface area contributed by atoms with E-state index in [1.807, 2.05) is 54.6 Å². The molecular weight excluding hydrogens is 354 g/mol. The van der Waals surface area contributed by atoms with Crippen LogP contribution in [0.5, 0.6) is 11.5 Å². The number of carbonyl (C=O) groups excluding carboxylic acids is 1. The molecule has 5 nitrogen and oxygen atoms in total. The van der Waals surface area contributed by atoms with Gasteiger partial charge in [0.15, 0.2) is 0 Å². The first kappa shape index (κ1) is 19.3. The lowest BCUT2D eigenvalue weighted by Gasteiger charge is -2.18. The van der Waals surface area contributed by atoms with Crippen LogP contribution in [-0.2, 0) is 4.74 Å². The number of anilines is 2. The highest BCUT2D eigenvalue weighted by Crippen LogP contribution is 2.39. The topological polar surface area (TPSA) is 67.8 Å². The molecule has 3 aromatic carbocycles. The van der Waals surface area contributed by atoms with Gasteiger partial charge in [-0.05, 0) is 55.3 Å². The van der Waals surface area contributed by atoms with Gasteiger partial charge in [-0.25, -0.2) is 4.79 Å². The van der Waals surface area contributed by atoms with Crippen molar-refractivity contribution in [3.05, 3.63) is 71.8 Å². The molecule has 3 rings (SSSR count). The SMILES string of the molecule is CCOC(=O)c1c(-c2ccc(OC)cc2)cc(O)c(Nc2ccccc2)c1C. The second-order valence-electron chi connectivity index (χ2n) is 6.26. The Balaban J connectivity index is 2.14. The first-order valence-electron chi connectivity index (χ1n) is 9.05. The standard InChI is InChI=1S/C23H23NO4/c1-4-28-23(26)21-15(2)22(24-17-8-6-5-7-9-17)20(25)14-19(21)16-10-12-18(27-3)13-11-16/h5-14,24-25H,4H2,1-3H3. The molecule has 0 bridgehead atoms. The Bertz CT molecular complexity index is 966. The molecule has 0 aliphatic rings. The predicted molar refractivity (Wildman–Crippen MR) is 111 cm³/mol. The number of methoxy groups -OCH3 is 1. The summed E-state index contributed by atoms with van der Waals surface area (Å²) in [5, 5.41) is 13.9. The predicted octanol–water partition coefficient (Wildman–Crippen LogP) is 5.30. The molecular formula is C23H23NO4. The molecule has 0 atom stereocenters. The summed E-state index contributed by atoms with van der Waals surface area (Å²) in [5.41, 5.74) is 3.72. The first-order chi connectivity index (χ1) is 13.5. The molecule has 0 radical (unpaired) electrons. The molecule has 2 N–H and O–H groups in total. The van der Waals surface area contributed by atoms with Gasteiger partial charge in [0, 0.05) is 11.3 Å². The number of hydrogen-bond donors (Lipinski definition) is 2. The van der Waals surface area contributed by atoms with Crippen molar-refractivity contribution in [3.63, 3.8) is 0 Å². The van der Waals surface area contributed by atoms with Crippen molar-refractivity contribution >= 4 is 17.3 Å². The number of rotatable bonds is 6. The number of carbonyl (C=O) groups is 1. The summed E-state index contributed by atoms with van der Waals surface area (Å²) in [6.45, 7) is 3.83. The van der Waals surface area contributed by atoms with Gasteiger partial charge in [0.2, 0.25) is 0 Å². The van der Waals surface area contributed by atoms with Crippen LogP contribution >= 0.6 is 0 Å². The number of para-hydroxylation sites is 1. The summed E-state index contributed by atoms with van der Waals surface area (Å²) < 4.78 is 10.5. The van der Waals surface area contributed by atoms with Crippen molar-refractivity contribution in [3.8, 4) is 22.6 Å². The van der Waals surface area contributed by atoms with E-state index in [4.69, 9.17) is 9.47 Å². The number of nitrogens with one attached hydrogen (secondary N) is 1. The van der Waals surface area contributed by atoms with Crippen LogP contribution in [0.25, 0.3) is 11.1 Å². The summed E-state index contributed by atoms with van der Waals surface area (Å²) in [6.07, 6.45) is 0. The summed E-state index contributed by atoms with van der Waals surface area (Å²) in [6, 6.07) is 18.4. The van der Waals surface area contributed by atoms with E-state index in [-0.39, 0.29) is 12.4 Å². The lowest BCUT2D eigenvalue weighted by Crippen LogP contribution is -2.10. The Morgan fingerprint density at radius 1 is 1.07 bits per heavy atom. The van der Waals surface area contributed by atoms with Gasteiger partial charge in [-0.2, -0.15) is 0 Å². The zero-order chi connectivity index (χ0) is 20.1. The van der Waals surface area contributed by atoms with E-state index in [2.05, 4.69) is 5.32 Å². The minimum absolute atomic E-state index is 0.0558. The van der Waals surface area contributed by atoms with Gasteiger partial charge in [0.05, 0.1) is 25.0 Å². The molecule has 5 heteroatoms. The van der Waals surface area contributed by atoms with Crippen molar-refractivity contribution < 1.29 is 19.4 Å². The molecule has 28 heavy (non-hydrogen) atoms. The molecule has 0 saturated carbocycles. The highest BCUT2D eigenvalue weighted by molar-refractivity contribution is 6.02. The van der Waals surface area contributed by atoms with Crippen LogP contribution in [0.4, 0.5) is 11.4 Å². The number of benzene rings is 3. The first-order valence-corrected chi connectivity index (χ1v) is 9.05. The van der Waals surface area contributed by atoms with Crippen molar-refractivity contribution in [1.29, 1.82) is 0 Å². The molecule has 144 valence electrons. The number of phenolic OH excluding ortho intramolecular Hbond substituents is 1. The van der Waals surface area contributed by atoms with E-state index < -0.39 is 5.97 Å².